The zero-order chi connectivity index (χ0) is 17.1. The van der Waals surface area contributed by atoms with E-state index >= 15 is 0 Å². The van der Waals surface area contributed by atoms with E-state index in [0.29, 0.717) is 16.3 Å². The predicted octanol–water partition coefficient (Wildman–Crippen LogP) is 3.02. The molecule has 0 bridgehead atoms. The van der Waals surface area contributed by atoms with E-state index in [9.17, 15) is 14.9 Å². The van der Waals surface area contributed by atoms with Gasteiger partial charge in [-0.15, -0.1) is 11.3 Å². The zero-order valence-corrected chi connectivity index (χ0v) is 13.9. The third kappa shape index (κ3) is 3.60. The molecule has 1 aliphatic rings. The second-order valence-corrected chi connectivity index (χ2v) is 6.52. The molecule has 126 valence electrons. The molecule has 3 rings (SSSR count). The van der Waals surface area contributed by atoms with Gasteiger partial charge in [-0.25, -0.2) is 4.98 Å². The Kier molecular flexibility index (Phi) is 4.86. The Morgan fingerprint density at radius 2 is 2.38 bits per heavy atom. The van der Waals surface area contributed by atoms with Crippen molar-refractivity contribution >= 4 is 22.9 Å². The first-order valence-corrected chi connectivity index (χ1v) is 8.55. The van der Waals surface area contributed by atoms with Gasteiger partial charge in [0.15, 0.2) is 0 Å². The van der Waals surface area contributed by atoms with Crippen molar-refractivity contribution in [2.24, 2.45) is 0 Å². The maximum atomic E-state index is 12.3. The van der Waals surface area contributed by atoms with Crippen LogP contribution in [0.5, 0.6) is 0 Å². The number of amides is 1. The minimum absolute atomic E-state index is 0.000654. The number of nitrogens with zero attached hydrogens (tertiary/aromatic N) is 2. The number of nitro benzene ring substituents is 1. The van der Waals surface area contributed by atoms with Crippen LogP contribution in [0.2, 0.25) is 0 Å². The predicted molar refractivity (Wildman–Crippen MR) is 90.1 cm³/mol. The Balaban J connectivity index is 1.71. The molecule has 1 saturated heterocycles. The van der Waals surface area contributed by atoms with Crippen molar-refractivity contribution in [3.63, 3.8) is 0 Å². The maximum Gasteiger partial charge on any atom is 0.271 e. The number of non-ortho nitro benzene ring substituents is 1. The van der Waals surface area contributed by atoms with Crippen molar-refractivity contribution < 1.29 is 14.5 Å². The molecule has 1 aliphatic heterocycles. The molecule has 0 unspecified atom stereocenters. The number of hydrogen-bond donors (Lipinski definition) is 1. The Labute approximate surface area is 142 Å². The van der Waals surface area contributed by atoms with Crippen molar-refractivity contribution in [2.45, 2.75) is 31.9 Å². The minimum atomic E-state index is -0.450. The van der Waals surface area contributed by atoms with Crippen LogP contribution in [0.25, 0.3) is 10.6 Å². The van der Waals surface area contributed by atoms with E-state index < -0.39 is 4.92 Å². The Hall–Kier alpha value is -2.32. The molecule has 0 radical (unpaired) electrons. The van der Waals surface area contributed by atoms with E-state index in [1.165, 1.54) is 23.5 Å². The molecule has 0 spiro atoms. The fourth-order valence-electron chi connectivity index (χ4n) is 2.63. The van der Waals surface area contributed by atoms with Crippen LogP contribution in [0.15, 0.2) is 29.6 Å². The Bertz CT molecular complexity index is 755. The summed E-state index contributed by atoms with van der Waals surface area (Å²) in [7, 11) is 0. The Morgan fingerprint density at radius 1 is 1.54 bits per heavy atom. The zero-order valence-electron chi connectivity index (χ0n) is 13.1. The lowest BCUT2D eigenvalue weighted by molar-refractivity contribution is -0.384. The molecule has 1 aromatic carbocycles. The van der Waals surface area contributed by atoms with Crippen LogP contribution in [0.4, 0.5) is 5.69 Å². The van der Waals surface area contributed by atoms with Gasteiger partial charge < -0.3 is 10.1 Å². The summed E-state index contributed by atoms with van der Waals surface area (Å²) in [5.41, 5.74) is 0.937. The molecule has 7 nitrogen and oxygen atoms in total. The number of nitro groups is 1. The first-order valence-electron chi connectivity index (χ1n) is 7.67. The molecular formula is C16H17N3O4S. The maximum absolute atomic E-state index is 12.3. The van der Waals surface area contributed by atoms with E-state index in [1.807, 2.05) is 6.92 Å². The third-order valence-corrected chi connectivity index (χ3v) is 4.81. The molecule has 24 heavy (non-hydrogen) atoms. The summed E-state index contributed by atoms with van der Waals surface area (Å²) in [5.74, 6) is -0.258. The van der Waals surface area contributed by atoms with Gasteiger partial charge in [-0.05, 0) is 19.8 Å². The molecule has 2 atom stereocenters. The lowest BCUT2D eigenvalue weighted by Crippen LogP contribution is -2.40. The van der Waals surface area contributed by atoms with Crippen LogP contribution in [-0.4, -0.2) is 34.6 Å². The highest BCUT2D eigenvalue weighted by molar-refractivity contribution is 7.13. The molecule has 0 aliphatic carbocycles. The molecule has 8 heteroatoms. The van der Waals surface area contributed by atoms with E-state index in [2.05, 4.69) is 10.3 Å². The van der Waals surface area contributed by atoms with Crippen LogP contribution in [-0.2, 0) is 4.74 Å². The van der Waals surface area contributed by atoms with E-state index in [0.717, 1.165) is 19.4 Å². The monoisotopic (exact) mass is 347 g/mol. The lowest BCUT2D eigenvalue weighted by Gasteiger charge is -2.19. The fraction of sp³-hybridized carbons (Fsp3) is 0.375. The van der Waals surface area contributed by atoms with Crippen molar-refractivity contribution in [3.8, 4) is 10.6 Å². The molecule has 2 heterocycles. The van der Waals surface area contributed by atoms with E-state index in [-0.39, 0.29) is 23.7 Å². The average Bonchev–Trinajstić information content (AvgIpc) is 3.26. The minimum Gasteiger partial charge on any atom is -0.376 e. The van der Waals surface area contributed by atoms with Gasteiger partial charge in [0.2, 0.25) is 0 Å². The van der Waals surface area contributed by atoms with Gasteiger partial charge in [0.05, 0.1) is 17.1 Å². The third-order valence-electron chi connectivity index (χ3n) is 3.92. The first-order chi connectivity index (χ1) is 11.5. The molecule has 1 fully saturated rings. The molecule has 1 N–H and O–H groups in total. The summed E-state index contributed by atoms with van der Waals surface area (Å²) in [6.07, 6.45) is 2.00. The number of rotatable bonds is 5. The van der Waals surface area contributed by atoms with Crippen molar-refractivity contribution in [1.82, 2.24) is 10.3 Å². The standard InChI is InChI=1S/C16H17N3O4S/c1-10(14-6-3-7-23-14)17-15(20)13-9-24-16(18-13)11-4-2-5-12(8-11)19(21)22/h2,4-5,8-10,14H,3,6-7H2,1H3,(H,17,20)/t10-,14-/m0/s1. The summed E-state index contributed by atoms with van der Waals surface area (Å²) in [5, 5.41) is 16.0. The van der Waals surface area contributed by atoms with Gasteiger partial charge in [-0.1, -0.05) is 12.1 Å². The summed E-state index contributed by atoms with van der Waals surface area (Å²) in [4.78, 5) is 27.0. The number of carbonyl (C=O) groups excluding carboxylic acids is 1. The second kappa shape index (κ2) is 7.06. The normalized spacial score (nSPS) is 18.3. The number of nitrogens with one attached hydrogen (secondary N) is 1. The molecule has 0 saturated carbocycles. The fourth-order valence-corrected chi connectivity index (χ4v) is 3.43. The van der Waals surface area contributed by atoms with Crippen LogP contribution in [0.3, 0.4) is 0 Å². The van der Waals surface area contributed by atoms with Crippen molar-refractivity contribution in [3.05, 3.63) is 45.5 Å². The number of thiazole rings is 1. The van der Waals surface area contributed by atoms with Crippen molar-refractivity contribution in [2.75, 3.05) is 6.61 Å². The molecule has 1 aromatic heterocycles. The summed E-state index contributed by atoms with van der Waals surface area (Å²) in [6, 6.07) is 6.14. The summed E-state index contributed by atoms with van der Waals surface area (Å²) >= 11 is 1.28. The van der Waals surface area contributed by atoms with Gasteiger partial charge in [-0.2, -0.15) is 0 Å². The van der Waals surface area contributed by atoms with E-state index in [4.69, 9.17) is 4.74 Å². The topological polar surface area (TPSA) is 94.4 Å². The molecule has 1 amide bonds. The van der Waals surface area contributed by atoms with Crippen molar-refractivity contribution in [1.29, 1.82) is 0 Å². The number of aromatic nitrogens is 1. The quantitative estimate of drug-likeness (QED) is 0.663. The average molecular weight is 347 g/mol. The Morgan fingerprint density at radius 3 is 3.08 bits per heavy atom. The smallest absolute Gasteiger partial charge is 0.271 e. The van der Waals surface area contributed by atoms with Crippen LogP contribution < -0.4 is 5.32 Å². The first kappa shape index (κ1) is 16.5. The highest BCUT2D eigenvalue weighted by atomic mass is 32.1. The van der Waals surface area contributed by atoms with Gasteiger partial charge in [-0.3, -0.25) is 14.9 Å². The van der Waals surface area contributed by atoms with Gasteiger partial charge >= 0.3 is 0 Å². The largest absolute Gasteiger partial charge is 0.376 e. The van der Waals surface area contributed by atoms with Gasteiger partial charge in [0.25, 0.3) is 11.6 Å². The van der Waals surface area contributed by atoms with Gasteiger partial charge in [0.1, 0.15) is 10.7 Å². The van der Waals surface area contributed by atoms with E-state index in [1.54, 1.807) is 17.5 Å². The number of ether oxygens (including phenoxy) is 1. The second-order valence-electron chi connectivity index (χ2n) is 5.66. The highest BCUT2D eigenvalue weighted by Crippen LogP contribution is 2.27. The van der Waals surface area contributed by atoms with Crippen LogP contribution >= 0.6 is 11.3 Å². The number of carbonyl (C=O) groups is 1. The number of hydrogen-bond acceptors (Lipinski definition) is 6. The molecular weight excluding hydrogens is 330 g/mol. The summed E-state index contributed by atoms with van der Waals surface area (Å²) in [6.45, 7) is 2.65. The van der Waals surface area contributed by atoms with Crippen LogP contribution in [0.1, 0.15) is 30.3 Å². The molecule has 2 aromatic rings. The lowest BCUT2D eigenvalue weighted by atomic mass is 10.1. The number of benzene rings is 1. The highest BCUT2D eigenvalue weighted by Gasteiger charge is 2.24. The summed E-state index contributed by atoms with van der Waals surface area (Å²) < 4.78 is 5.57. The van der Waals surface area contributed by atoms with Crippen LogP contribution in [0, 0.1) is 10.1 Å². The SMILES string of the molecule is C[C@H](NC(=O)c1csc(-c2cccc([N+](=O)[O-])c2)n1)[C@@H]1CCCO1. The van der Waals surface area contributed by atoms with Gasteiger partial charge in [0, 0.05) is 29.7 Å².